The molecule has 0 N–H and O–H groups in total. The van der Waals surface area contributed by atoms with Crippen molar-refractivity contribution in [2.75, 3.05) is 20.2 Å². The quantitative estimate of drug-likeness (QED) is 0.695. The van der Waals surface area contributed by atoms with Gasteiger partial charge in [0.1, 0.15) is 5.75 Å². The molecule has 1 aliphatic heterocycles. The monoisotopic (exact) mass is 375 g/mol. The zero-order valence-electron chi connectivity index (χ0n) is 13.3. The summed E-state index contributed by atoms with van der Waals surface area (Å²) in [6.45, 7) is 1.06. The number of hydrogen-bond donors (Lipinski definition) is 0. The smallest absolute Gasteiger partial charge is 0.257 e. The fourth-order valence-electron chi connectivity index (χ4n) is 2.73. The van der Waals surface area contributed by atoms with Gasteiger partial charge in [0.05, 0.1) is 18.6 Å². The number of likely N-dealkylation sites (tertiary alicyclic amines) is 1. The van der Waals surface area contributed by atoms with Gasteiger partial charge < -0.3 is 14.2 Å². The van der Waals surface area contributed by atoms with Crippen LogP contribution < -0.4 is 4.74 Å². The average molecular weight is 376 g/mol. The summed E-state index contributed by atoms with van der Waals surface area (Å²) in [5, 5.41) is 8.44. The van der Waals surface area contributed by atoms with Crippen molar-refractivity contribution in [3.8, 4) is 17.1 Å². The zero-order chi connectivity index (χ0) is 17.4. The van der Waals surface area contributed by atoms with E-state index in [0.717, 1.165) is 5.56 Å². The van der Waals surface area contributed by atoms with E-state index >= 15 is 0 Å². The van der Waals surface area contributed by atoms with Crippen molar-refractivity contribution in [1.29, 1.82) is 0 Å². The van der Waals surface area contributed by atoms with Gasteiger partial charge in [0.2, 0.25) is 11.7 Å². The molecule has 128 valence electrons. The maximum atomic E-state index is 12.6. The van der Waals surface area contributed by atoms with Crippen LogP contribution >= 0.6 is 22.9 Å². The normalized spacial score (nSPS) is 14.4. The van der Waals surface area contributed by atoms with Crippen LogP contribution in [-0.4, -0.2) is 41.1 Å². The molecular weight excluding hydrogens is 362 g/mol. The number of carbonyl (C=O) groups excluding carboxylic acids is 1. The van der Waals surface area contributed by atoms with Crippen molar-refractivity contribution in [3.05, 3.63) is 51.5 Å². The third-order valence-corrected chi connectivity index (χ3v) is 5.05. The number of thiophene rings is 1. The first kappa shape index (κ1) is 16.1. The number of nitrogens with zero attached hydrogens (tertiary/aromatic N) is 3. The van der Waals surface area contributed by atoms with Gasteiger partial charge in [0, 0.05) is 29.1 Å². The van der Waals surface area contributed by atoms with Crippen LogP contribution in [0.5, 0.6) is 5.75 Å². The number of rotatable bonds is 4. The Labute approximate surface area is 153 Å². The predicted molar refractivity (Wildman–Crippen MR) is 94.3 cm³/mol. The molecule has 0 atom stereocenters. The Morgan fingerprint density at radius 2 is 2.24 bits per heavy atom. The molecule has 6 nitrogen and oxygen atoms in total. The van der Waals surface area contributed by atoms with Gasteiger partial charge in [0.25, 0.3) is 5.91 Å². The van der Waals surface area contributed by atoms with Crippen molar-refractivity contribution in [2.45, 2.75) is 5.92 Å². The van der Waals surface area contributed by atoms with Crippen LogP contribution in [0, 0.1) is 0 Å². The van der Waals surface area contributed by atoms with Crippen molar-refractivity contribution in [3.63, 3.8) is 0 Å². The molecule has 2 aromatic heterocycles. The van der Waals surface area contributed by atoms with E-state index in [0.29, 0.717) is 41.1 Å². The van der Waals surface area contributed by atoms with Gasteiger partial charge in [-0.3, -0.25) is 4.79 Å². The number of amides is 1. The van der Waals surface area contributed by atoms with E-state index in [1.54, 1.807) is 34.4 Å². The van der Waals surface area contributed by atoms with Gasteiger partial charge in [-0.25, -0.2) is 0 Å². The number of hydrogen-bond acceptors (Lipinski definition) is 6. The average Bonchev–Trinajstić information content (AvgIpc) is 3.24. The maximum Gasteiger partial charge on any atom is 0.257 e. The topological polar surface area (TPSA) is 68.5 Å². The number of methoxy groups -OCH3 is 1. The highest BCUT2D eigenvalue weighted by Crippen LogP contribution is 2.31. The first-order chi connectivity index (χ1) is 12.2. The lowest BCUT2D eigenvalue weighted by atomic mass is 9.98. The van der Waals surface area contributed by atoms with Gasteiger partial charge >= 0.3 is 0 Å². The largest absolute Gasteiger partial charge is 0.496 e. The fraction of sp³-hybridized carbons (Fsp3) is 0.235. The molecule has 3 aromatic rings. The predicted octanol–water partition coefficient (Wildman–Crippen LogP) is 3.70. The molecule has 25 heavy (non-hydrogen) atoms. The second-order valence-corrected chi connectivity index (χ2v) is 6.94. The SMILES string of the molecule is COc1ccc(Cl)cc1C(=O)N1CC(c2nc(-c3ccsc3)no2)C1. The molecule has 0 unspecified atom stereocenters. The van der Waals surface area contributed by atoms with Gasteiger partial charge in [-0.1, -0.05) is 16.8 Å². The third-order valence-electron chi connectivity index (χ3n) is 4.13. The van der Waals surface area contributed by atoms with Crippen LogP contribution in [-0.2, 0) is 0 Å². The van der Waals surface area contributed by atoms with E-state index in [9.17, 15) is 4.79 Å². The van der Waals surface area contributed by atoms with Crippen LogP contribution in [0.25, 0.3) is 11.4 Å². The van der Waals surface area contributed by atoms with Crippen molar-refractivity contribution < 1.29 is 14.1 Å². The lowest BCUT2D eigenvalue weighted by molar-refractivity contribution is 0.0566. The molecule has 1 fully saturated rings. The molecule has 8 heteroatoms. The molecule has 1 saturated heterocycles. The number of aromatic nitrogens is 2. The van der Waals surface area contributed by atoms with E-state index in [1.165, 1.54) is 7.11 Å². The van der Waals surface area contributed by atoms with E-state index in [1.807, 2.05) is 16.8 Å². The van der Waals surface area contributed by atoms with Crippen molar-refractivity contribution >= 4 is 28.8 Å². The minimum Gasteiger partial charge on any atom is -0.496 e. The van der Waals surface area contributed by atoms with Crippen LogP contribution in [0.4, 0.5) is 0 Å². The molecule has 0 radical (unpaired) electrons. The van der Waals surface area contributed by atoms with Crippen LogP contribution in [0.3, 0.4) is 0 Å². The Hall–Kier alpha value is -2.38. The molecule has 3 heterocycles. The zero-order valence-corrected chi connectivity index (χ0v) is 14.9. The van der Waals surface area contributed by atoms with Gasteiger partial charge in [-0.15, -0.1) is 0 Å². The Morgan fingerprint density at radius 3 is 2.96 bits per heavy atom. The van der Waals surface area contributed by atoms with Gasteiger partial charge in [0.15, 0.2) is 0 Å². The van der Waals surface area contributed by atoms with Gasteiger partial charge in [-0.2, -0.15) is 16.3 Å². The summed E-state index contributed by atoms with van der Waals surface area (Å²) in [5.74, 6) is 1.58. The molecule has 0 bridgehead atoms. The van der Waals surface area contributed by atoms with E-state index in [-0.39, 0.29) is 11.8 Å². The fourth-order valence-corrected chi connectivity index (χ4v) is 3.53. The van der Waals surface area contributed by atoms with Crippen molar-refractivity contribution in [1.82, 2.24) is 15.0 Å². The van der Waals surface area contributed by atoms with Crippen LogP contribution in [0.1, 0.15) is 22.2 Å². The second kappa shape index (κ2) is 6.50. The van der Waals surface area contributed by atoms with Crippen LogP contribution in [0.2, 0.25) is 5.02 Å². The molecule has 0 aliphatic carbocycles. The number of benzene rings is 1. The Balaban J connectivity index is 1.45. The number of carbonyl (C=O) groups is 1. The highest BCUT2D eigenvalue weighted by atomic mass is 35.5. The molecule has 1 amide bonds. The summed E-state index contributed by atoms with van der Waals surface area (Å²) in [6, 6.07) is 6.96. The first-order valence-electron chi connectivity index (χ1n) is 7.64. The lowest BCUT2D eigenvalue weighted by Gasteiger charge is -2.37. The highest BCUT2D eigenvalue weighted by molar-refractivity contribution is 7.08. The summed E-state index contributed by atoms with van der Waals surface area (Å²) < 4.78 is 10.6. The third kappa shape index (κ3) is 3.01. The molecule has 0 spiro atoms. The Morgan fingerprint density at radius 1 is 1.40 bits per heavy atom. The Bertz CT molecular complexity index is 904. The number of ether oxygens (including phenoxy) is 1. The van der Waals surface area contributed by atoms with E-state index in [2.05, 4.69) is 10.1 Å². The first-order valence-corrected chi connectivity index (χ1v) is 8.97. The van der Waals surface area contributed by atoms with Gasteiger partial charge in [-0.05, 0) is 29.6 Å². The standard InChI is InChI=1S/C17H14ClN3O3S/c1-23-14-3-2-12(18)6-13(14)17(22)21-7-11(8-21)16-19-15(20-24-16)10-4-5-25-9-10/h2-6,9,11H,7-8H2,1H3. The van der Waals surface area contributed by atoms with E-state index < -0.39 is 0 Å². The maximum absolute atomic E-state index is 12.6. The summed E-state index contributed by atoms with van der Waals surface area (Å²) in [7, 11) is 1.53. The summed E-state index contributed by atoms with van der Waals surface area (Å²) in [6.07, 6.45) is 0. The summed E-state index contributed by atoms with van der Waals surface area (Å²) >= 11 is 7.58. The highest BCUT2D eigenvalue weighted by Gasteiger charge is 2.37. The molecule has 1 aromatic carbocycles. The summed E-state index contributed by atoms with van der Waals surface area (Å²) in [5.41, 5.74) is 1.40. The van der Waals surface area contributed by atoms with Crippen LogP contribution in [0.15, 0.2) is 39.5 Å². The van der Waals surface area contributed by atoms with Crippen molar-refractivity contribution in [2.24, 2.45) is 0 Å². The molecule has 1 aliphatic rings. The molecule has 4 rings (SSSR count). The minimum absolute atomic E-state index is 0.0500. The second-order valence-electron chi connectivity index (χ2n) is 5.72. The molecule has 0 saturated carbocycles. The summed E-state index contributed by atoms with van der Waals surface area (Å²) in [4.78, 5) is 18.8. The number of halogens is 1. The van der Waals surface area contributed by atoms with E-state index in [4.69, 9.17) is 20.9 Å². The molecular formula is C17H14ClN3O3S. The lowest BCUT2D eigenvalue weighted by Crippen LogP contribution is -2.48. The Kier molecular flexibility index (Phi) is 4.19. The minimum atomic E-state index is -0.117.